The van der Waals surface area contributed by atoms with E-state index in [0.29, 0.717) is 0 Å². The molecule has 0 fully saturated rings. The molecule has 0 atom stereocenters. The molecule has 0 heterocycles. The van der Waals surface area contributed by atoms with Gasteiger partial charge in [-0.25, -0.2) is 0 Å². The van der Waals surface area contributed by atoms with Gasteiger partial charge in [0.25, 0.3) is 0 Å². The van der Waals surface area contributed by atoms with Crippen LogP contribution in [0.15, 0.2) is 0 Å². The third-order valence-electron chi connectivity index (χ3n) is 7.03. The van der Waals surface area contributed by atoms with Gasteiger partial charge in [0.1, 0.15) is 0 Å². The maximum atomic E-state index is 11.3. The number of unbranched alkanes of at least 4 members (excludes halogenated alkanes) is 15. The Kier molecular flexibility index (Phi) is 23.4. The minimum atomic E-state index is -1.22. The normalized spacial score (nSPS) is 12.6. The summed E-state index contributed by atoms with van der Waals surface area (Å²) in [5.74, 6) is 0. The van der Waals surface area contributed by atoms with Gasteiger partial charge < -0.3 is 0 Å². The molecule has 1 nitrogen and oxygen atoms in total. The molecule has 0 rings (SSSR count). The van der Waals surface area contributed by atoms with E-state index in [1.807, 2.05) is 0 Å². The predicted octanol–water partition coefficient (Wildman–Crippen LogP) is 9.64. The second-order valence-corrected chi connectivity index (χ2v) is 14.9. The van der Waals surface area contributed by atoms with Crippen molar-refractivity contribution in [2.45, 2.75) is 143 Å². The quantitative estimate of drug-likeness (QED) is 0.107. The average molecular weight is 430 g/mol. The molecule has 0 aliphatic heterocycles. The molecule has 0 aromatic carbocycles. The molecule has 0 spiro atoms. The molecule has 0 N–H and O–H groups in total. The van der Waals surface area contributed by atoms with Crippen LogP contribution in [0.5, 0.6) is 0 Å². The Morgan fingerprint density at radius 2 is 0.655 bits per heavy atom. The van der Waals surface area contributed by atoms with Gasteiger partial charge in [0, 0.05) is 0 Å². The van der Waals surface area contributed by atoms with Crippen LogP contribution in [0, 0.1) is 0 Å². The Hall–Kier alpha value is 0.390. The summed E-state index contributed by atoms with van der Waals surface area (Å²) in [5.41, 5.74) is 0. The van der Waals surface area contributed by atoms with Crippen molar-refractivity contribution in [2.75, 3.05) is 31.3 Å². The third-order valence-corrected chi connectivity index (χ3v) is 12.7. The molecule has 0 aromatic heterocycles. The number of hydrogen-bond donors (Lipinski definition) is 0. The molecule has 29 heavy (non-hydrogen) atoms. The first-order chi connectivity index (χ1) is 14.2. The van der Waals surface area contributed by atoms with E-state index in [-0.39, 0.29) is 6.61 Å². The van der Waals surface area contributed by atoms with Crippen molar-refractivity contribution in [3.63, 3.8) is 0 Å². The predicted molar refractivity (Wildman–Crippen MR) is 138 cm³/mol. The molecule has 0 amide bonds. The monoisotopic (exact) mass is 429 g/mol. The van der Waals surface area contributed by atoms with Crippen LogP contribution in [-0.4, -0.2) is 31.3 Å². The first-order valence-electron chi connectivity index (χ1n) is 13.8. The van der Waals surface area contributed by atoms with Crippen LogP contribution in [0.25, 0.3) is 0 Å². The summed E-state index contributed by atoms with van der Waals surface area (Å²) in [4.78, 5) is 0. The van der Waals surface area contributed by atoms with Crippen LogP contribution in [0.1, 0.15) is 143 Å². The van der Waals surface area contributed by atoms with E-state index in [2.05, 4.69) is 20.8 Å². The van der Waals surface area contributed by atoms with Crippen molar-refractivity contribution in [3.8, 4) is 0 Å². The summed E-state index contributed by atoms with van der Waals surface area (Å²) in [5, 5.41) is 11.3. The molecular weight excluding hydrogens is 371 g/mol. The molecule has 1 radical (unpaired) electrons. The Labute approximate surface area is 186 Å². The minimum absolute atomic E-state index is 0.165. The van der Waals surface area contributed by atoms with Gasteiger partial charge >= 0.3 is 186 Å². The van der Waals surface area contributed by atoms with Gasteiger partial charge in [0.05, 0.1) is 0 Å². The van der Waals surface area contributed by atoms with Crippen molar-refractivity contribution in [3.05, 3.63) is 0 Å². The van der Waals surface area contributed by atoms with Crippen LogP contribution in [0.3, 0.4) is 0 Å². The van der Waals surface area contributed by atoms with Gasteiger partial charge in [-0.2, -0.15) is 0 Å². The van der Waals surface area contributed by atoms with Gasteiger partial charge in [0.15, 0.2) is 0 Å². The fourth-order valence-corrected chi connectivity index (χ4v) is 10.4. The van der Waals surface area contributed by atoms with Crippen molar-refractivity contribution in [1.82, 2.24) is 0 Å². The summed E-state index contributed by atoms with van der Waals surface area (Å²) < 4.78 is 0. The Morgan fingerprint density at radius 3 is 0.966 bits per heavy atom. The summed E-state index contributed by atoms with van der Waals surface area (Å²) >= 11 is 0. The van der Waals surface area contributed by atoms with Crippen LogP contribution in [0.4, 0.5) is 0 Å². The summed E-state index contributed by atoms with van der Waals surface area (Å²) in [6, 6.07) is 0. The van der Waals surface area contributed by atoms with Crippen molar-refractivity contribution >= 4 is 7.26 Å². The van der Waals surface area contributed by atoms with Crippen LogP contribution in [-0.2, 0) is 5.11 Å². The summed E-state index contributed by atoms with van der Waals surface area (Å²) in [6.07, 6.45) is 32.5. The second-order valence-electron chi connectivity index (χ2n) is 9.86. The Bertz CT molecular complexity index is 264. The zero-order chi connectivity index (χ0) is 21.5. The Morgan fingerprint density at radius 1 is 0.379 bits per heavy atom. The SMILES string of the molecule is CCCCCCCC[PH](CCC[O])(CCCCCCCC)CCCCCCCC. The van der Waals surface area contributed by atoms with Gasteiger partial charge in [0.2, 0.25) is 0 Å². The fourth-order valence-electron chi connectivity index (χ4n) is 5.04. The molecule has 0 unspecified atom stereocenters. The van der Waals surface area contributed by atoms with E-state index in [4.69, 9.17) is 0 Å². The van der Waals surface area contributed by atoms with E-state index < -0.39 is 7.26 Å². The van der Waals surface area contributed by atoms with E-state index in [1.54, 1.807) is 0 Å². The van der Waals surface area contributed by atoms with Gasteiger partial charge in [-0.3, -0.25) is 0 Å². The number of hydrogen-bond acceptors (Lipinski definition) is 0. The van der Waals surface area contributed by atoms with E-state index in [0.717, 1.165) is 6.42 Å². The van der Waals surface area contributed by atoms with E-state index in [9.17, 15) is 5.11 Å². The van der Waals surface area contributed by atoms with Crippen LogP contribution < -0.4 is 0 Å². The first kappa shape index (κ1) is 29.4. The zero-order valence-electron chi connectivity index (χ0n) is 20.9. The molecular formula is C27H58OP. The third kappa shape index (κ3) is 18.8. The Balaban J connectivity index is 4.52. The molecule has 0 aromatic rings. The van der Waals surface area contributed by atoms with E-state index in [1.165, 1.54) is 140 Å². The molecule has 0 aliphatic carbocycles. The van der Waals surface area contributed by atoms with Crippen molar-refractivity contribution < 1.29 is 5.11 Å². The van der Waals surface area contributed by atoms with Crippen molar-refractivity contribution in [2.24, 2.45) is 0 Å². The van der Waals surface area contributed by atoms with Crippen LogP contribution >= 0.6 is 7.26 Å². The average Bonchev–Trinajstić information content (AvgIpc) is 2.74. The van der Waals surface area contributed by atoms with Gasteiger partial charge in [-0.05, 0) is 0 Å². The van der Waals surface area contributed by atoms with Crippen LogP contribution in [0.2, 0.25) is 0 Å². The molecule has 0 saturated carbocycles. The molecule has 0 bridgehead atoms. The molecule has 0 saturated heterocycles. The standard InChI is InChI=1S/C27H58OP/c1-4-7-10-13-16-19-24-29(27-22-23-28,25-20-17-14-11-8-5-2)26-21-18-15-12-9-6-3/h29H,4-27H2,1-3H3. The van der Waals surface area contributed by atoms with Crippen molar-refractivity contribution in [1.29, 1.82) is 0 Å². The first-order valence-corrected chi connectivity index (χ1v) is 16.7. The summed E-state index contributed by atoms with van der Waals surface area (Å²) in [6.45, 7) is 7.09. The molecule has 0 aliphatic rings. The summed E-state index contributed by atoms with van der Waals surface area (Å²) in [7, 11) is -1.22. The molecule has 2 heteroatoms. The number of rotatable bonds is 24. The molecule has 177 valence electrons. The fraction of sp³-hybridized carbons (Fsp3) is 1.00. The van der Waals surface area contributed by atoms with Gasteiger partial charge in [-0.15, -0.1) is 0 Å². The second kappa shape index (κ2) is 23.1. The van der Waals surface area contributed by atoms with Gasteiger partial charge in [-0.1, -0.05) is 0 Å². The topological polar surface area (TPSA) is 19.9 Å². The van der Waals surface area contributed by atoms with E-state index >= 15 is 0 Å². The zero-order valence-corrected chi connectivity index (χ0v) is 21.9. The maximum absolute atomic E-state index is 11.3.